The molecule has 138 valence electrons. The number of likely N-dealkylation sites (tertiary alicyclic amines) is 1. The van der Waals surface area contributed by atoms with Gasteiger partial charge in [0.25, 0.3) is 0 Å². The van der Waals surface area contributed by atoms with Crippen molar-refractivity contribution in [3.8, 4) is 11.5 Å². The van der Waals surface area contributed by atoms with Crippen LogP contribution in [0.15, 0.2) is 48.5 Å². The minimum absolute atomic E-state index is 0.00536. The summed E-state index contributed by atoms with van der Waals surface area (Å²) in [6.45, 7) is 1.76. The summed E-state index contributed by atoms with van der Waals surface area (Å²) in [7, 11) is 3.29. The van der Waals surface area contributed by atoms with E-state index in [4.69, 9.17) is 9.47 Å². The standard InChI is InChI=1S/C21H26N2O3/c1-25-17-8-5-7-16(15-17)19-10-6-13-23(19)14-12-21(24)22-18-9-3-4-11-20(18)26-2/h3-5,7-9,11,15,19H,6,10,12-14H2,1-2H3,(H,22,24). The summed E-state index contributed by atoms with van der Waals surface area (Å²) in [5.74, 6) is 1.56. The number of carbonyl (C=O) groups excluding carboxylic acids is 1. The Labute approximate surface area is 154 Å². The van der Waals surface area contributed by atoms with Gasteiger partial charge in [0, 0.05) is 19.0 Å². The first-order valence-corrected chi connectivity index (χ1v) is 9.02. The van der Waals surface area contributed by atoms with Gasteiger partial charge in [0.15, 0.2) is 0 Å². The van der Waals surface area contributed by atoms with E-state index in [2.05, 4.69) is 22.3 Å². The van der Waals surface area contributed by atoms with Gasteiger partial charge in [-0.05, 0) is 49.2 Å². The lowest BCUT2D eigenvalue weighted by Gasteiger charge is -2.25. The largest absolute Gasteiger partial charge is 0.497 e. The summed E-state index contributed by atoms with van der Waals surface area (Å²) >= 11 is 0. The molecule has 1 unspecified atom stereocenters. The van der Waals surface area contributed by atoms with Gasteiger partial charge in [-0.1, -0.05) is 24.3 Å². The molecule has 5 nitrogen and oxygen atoms in total. The van der Waals surface area contributed by atoms with Crippen LogP contribution in [0.25, 0.3) is 0 Å². The van der Waals surface area contributed by atoms with Gasteiger partial charge >= 0.3 is 0 Å². The van der Waals surface area contributed by atoms with Crippen molar-refractivity contribution in [2.45, 2.75) is 25.3 Å². The number of anilines is 1. The molecule has 1 fully saturated rings. The summed E-state index contributed by atoms with van der Waals surface area (Å²) in [5, 5.41) is 2.95. The zero-order valence-corrected chi connectivity index (χ0v) is 15.4. The number of ether oxygens (including phenoxy) is 2. The van der Waals surface area contributed by atoms with E-state index in [1.807, 2.05) is 36.4 Å². The van der Waals surface area contributed by atoms with Crippen LogP contribution in [0.5, 0.6) is 11.5 Å². The van der Waals surface area contributed by atoms with Gasteiger partial charge in [0.2, 0.25) is 5.91 Å². The summed E-state index contributed by atoms with van der Waals surface area (Å²) < 4.78 is 10.6. The minimum atomic E-state index is 0.00536. The van der Waals surface area contributed by atoms with Crippen LogP contribution in [-0.2, 0) is 4.79 Å². The number of amides is 1. The molecule has 0 aliphatic carbocycles. The fraction of sp³-hybridized carbons (Fsp3) is 0.381. The van der Waals surface area contributed by atoms with E-state index < -0.39 is 0 Å². The Morgan fingerprint density at radius 3 is 2.81 bits per heavy atom. The van der Waals surface area contributed by atoms with Crippen LogP contribution < -0.4 is 14.8 Å². The Morgan fingerprint density at radius 2 is 2.00 bits per heavy atom. The van der Waals surface area contributed by atoms with Gasteiger partial charge in [0.05, 0.1) is 19.9 Å². The number of methoxy groups -OCH3 is 2. The molecule has 1 N–H and O–H groups in total. The number of rotatable bonds is 7. The van der Waals surface area contributed by atoms with Crippen LogP contribution in [0.4, 0.5) is 5.69 Å². The number of nitrogens with zero attached hydrogens (tertiary/aromatic N) is 1. The molecule has 1 aliphatic heterocycles. The molecular formula is C21H26N2O3. The van der Waals surface area contributed by atoms with Gasteiger partial charge in [-0.15, -0.1) is 0 Å². The molecular weight excluding hydrogens is 328 g/mol. The Bertz CT molecular complexity index is 748. The quantitative estimate of drug-likeness (QED) is 0.820. The fourth-order valence-corrected chi connectivity index (χ4v) is 3.53. The highest BCUT2D eigenvalue weighted by Crippen LogP contribution is 2.33. The predicted molar refractivity (Wildman–Crippen MR) is 103 cm³/mol. The second kappa shape index (κ2) is 8.72. The molecule has 1 atom stereocenters. The Balaban J connectivity index is 1.58. The highest BCUT2D eigenvalue weighted by Gasteiger charge is 2.26. The molecule has 3 rings (SSSR count). The Hall–Kier alpha value is -2.53. The molecule has 1 saturated heterocycles. The summed E-state index contributed by atoms with van der Waals surface area (Å²) in [5.41, 5.74) is 1.97. The van der Waals surface area contributed by atoms with Gasteiger partial charge in [0.1, 0.15) is 11.5 Å². The second-order valence-corrected chi connectivity index (χ2v) is 6.47. The van der Waals surface area contributed by atoms with Crippen molar-refractivity contribution in [2.24, 2.45) is 0 Å². The van der Waals surface area contributed by atoms with E-state index in [1.54, 1.807) is 14.2 Å². The lowest BCUT2D eigenvalue weighted by molar-refractivity contribution is -0.116. The molecule has 0 spiro atoms. The van der Waals surface area contributed by atoms with Crippen LogP contribution in [-0.4, -0.2) is 38.1 Å². The van der Waals surface area contributed by atoms with E-state index >= 15 is 0 Å². The predicted octanol–water partition coefficient (Wildman–Crippen LogP) is 3.87. The smallest absolute Gasteiger partial charge is 0.225 e. The second-order valence-electron chi connectivity index (χ2n) is 6.47. The molecule has 1 heterocycles. The summed E-state index contributed by atoms with van der Waals surface area (Å²) in [4.78, 5) is 14.8. The number of benzene rings is 2. The van der Waals surface area contributed by atoms with Crippen molar-refractivity contribution < 1.29 is 14.3 Å². The molecule has 5 heteroatoms. The van der Waals surface area contributed by atoms with Crippen LogP contribution in [0.2, 0.25) is 0 Å². The van der Waals surface area contributed by atoms with Crippen LogP contribution in [0.3, 0.4) is 0 Å². The van der Waals surface area contributed by atoms with Crippen molar-refractivity contribution in [3.05, 3.63) is 54.1 Å². The maximum absolute atomic E-state index is 12.4. The first-order chi connectivity index (χ1) is 12.7. The molecule has 0 saturated carbocycles. The third-order valence-electron chi connectivity index (χ3n) is 4.85. The Kier molecular flexibility index (Phi) is 6.12. The molecule has 0 radical (unpaired) electrons. The van der Waals surface area contributed by atoms with Crippen LogP contribution >= 0.6 is 0 Å². The topological polar surface area (TPSA) is 50.8 Å². The van der Waals surface area contributed by atoms with Crippen molar-refractivity contribution >= 4 is 11.6 Å². The molecule has 0 bridgehead atoms. The SMILES string of the molecule is COc1cccc(C2CCCN2CCC(=O)Nc2ccccc2OC)c1. The maximum Gasteiger partial charge on any atom is 0.225 e. The van der Waals surface area contributed by atoms with Crippen molar-refractivity contribution in [3.63, 3.8) is 0 Å². The van der Waals surface area contributed by atoms with Gasteiger partial charge in [-0.2, -0.15) is 0 Å². The third kappa shape index (κ3) is 4.35. The number of hydrogen-bond acceptors (Lipinski definition) is 4. The first-order valence-electron chi connectivity index (χ1n) is 9.02. The summed E-state index contributed by atoms with van der Waals surface area (Å²) in [6.07, 6.45) is 2.72. The zero-order chi connectivity index (χ0) is 18.4. The van der Waals surface area contributed by atoms with Crippen molar-refractivity contribution in [1.29, 1.82) is 0 Å². The van der Waals surface area contributed by atoms with Crippen LogP contribution in [0.1, 0.15) is 30.9 Å². The average Bonchev–Trinajstić information content (AvgIpc) is 3.15. The highest BCUT2D eigenvalue weighted by atomic mass is 16.5. The molecule has 0 aromatic heterocycles. The van der Waals surface area contributed by atoms with Crippen molar-refractivity contribution in [2.75, 3.05) is 32.6 Å². The van der Waals surface area contributed by atoms with Gasteiger partial charge < -0.3 is 14.8 Å². The van der Waals surface area contributed by atoms with Gasteiger partial charge in [-0.3, -0.25) is 9.69 Å². The van der Waals surface area contributed by atoms with E-state index in [-0.39, 0.29) is 5.91 Å². The molecule has 2 aromatic rings. The Morgan fingerprint density at radius 1 is 1.15 bits per heavy atom. The van der Waals surface area contributed by atoms with E-state index in [0.29, 0.717) is 23.9 Å². The van der Waals surface area contributed by atoms with Crippen molar-refractivity contribution in [1.82, 2.24) is 4.90 Å². The number of nitrogens with one attached hydrogen (secondary N) is 1. The lowest BCUT2D eigenvalue weighted by atomic mass is 10.0. The van der Waals surface area contributed by atoms with E-state index in [9.17, 15) is 4.79 Å². The van der Waals surface area contributed by atoms with E-state index in [0.717, 1.165) is 31.7 Å². The number of hydrogen-bond donors (Lipinski definition) is 1. The van der Waals surface area contributed by atoms with Crippen LogP contribution in [0, 0.1) is 0 Å². The molecule has 2 aromatic carbocycles. The first kappa shape index (κ1) is 18.3. The average molecular weight is 354 g/mol. The summed E-state index contributed by atoms with van der Waals surface area (Å²) in [6, 6.07) is 16.0. The lowest BCUT2D eigenvalue weighted by Crippen LogP contribution is -2.27. The third-order valence-corrected chi connectivity index (χ3v) is 4.85. The molecule has 26 heavy (non-hydrogen) atoms. The van der Waals surface area contributed by atoms with E-state index in [1.165, 1.54) is 5.56 Å². The normalized spacial score (nSPS) is 17.1. The highest BCUT2D eigenvalue weighted by molar-refractivity contribution is 5.92. The zero-order valence-electron chi connectivity index (χ0n) is 15.4. The number of para-hydroxylation sites is 2. The van der Waals surface area contributed by atoms with Gasteiger partial charge in [-0.25, -0.2) is 0 Å². The maximum atomic E-state index is 12.4. The minimum Gasteiger partial charge on any atom is -0.497 e. The molecule has 1 amide bonds. The number of carbonyl (C=O) groups is 1. The fourth-order valence-electron chi connectivity index (χ4n) is 3.53. The molecule has 1 aliphatic rings. The monoisotopic (exact) mass is 354 g/mol.